The Bertz CT molecular complexity index is 415. The van der Waals surface area contributed by atoms with E-state index in [2.05, 4.69) is 10.6 Å². The highest BCUT2D eigenvalue weighted by molar-refractivity contribution is 5.81. The second-order valence-electron chi connectivity index (χ2n) is 5.24. The van der Waals surface area contributed by atoms with Gasteiger partial charge >= 0.3 is 0 Å². The molecule has 1 amide bonds. The van der Waals surface area contributed by atoms with Crippen molar-refractivity contribution < 1.29 is 9.53 Å². The zero-order valence-corrected chi connectivity index (χ0v) is 13.1. The molecule has 1 rings (SSSR count). The van der Waals surface area contributed by atoms with Crippen LogP contribution < -0.4 is 15.4 Å². The van der Waals surface area contributed by atoms with Crippen molar-refractivity contribution in [2.24, 2.45) is 0 Å². The Labute approximate surface area is 121 Å². The molecule has 4 heteroatoms. The zero-order chi connectivity index (χ0) is 15.1. The van der Waals surface area contributed by atoms with Gasteiger partial charge in [-0.1, -0.05) is 12.1 Å². The van der Waals surface area contributed by atoms with Gasteiger partial charge in [0, 0.05) is 12.6 Å². The predicted octanol–water partition coefficient (Wildman–Crippen LogP) is 2.65. The number of likely N-dealkylation sites (N-methyl/N-ethyl adjacent to an activating group) is 1. The first-order valence-electron chi connectivity index (χ1n) is 7.24. The Hall–Kier alpha value is -1.55. The monoisotopic (exact) mass is 278 g/mol. The van der Waals surface area contributed by atoms with Crippen molar-refractivity contribution in [1.29, 1.82) is 0 Å². The summed E-state index contributed by atoms with van der Waals surface area (Å²) in [6, 6.07) is 7.88. The minimum Gasteiger partial charge on any atom is -0.491 e. The second kappa shape index (κ2) is 7.90. The molecule has 0 radical (unpaired) electrons. The Morgan fingerprint density at radius 3 is 2.25 bits per heavy atom. The first-order chi connectivity index (χ1) is 9.43. The van der Waals surface area contributed by atoms with E-state index in [0.717, 1.165) is 11.3 Å². The van der Waals surface area contributed by atoms with Gasteiger partial charge in [-0.05, 0) is 52.3 Å². The van der Waals surface area contributed by atoms with Crippen molar-refractivity contribution >= 4 is 5.91 Å². The van der Waals surface area contributed by atoms with Gasteiger partial charge in [0.1, 0.15) is 5.75 Å². The summed E-state index contributed by atoms with van der Waals surface area (Å²) in [5.41, 5.74) is 1.14. The number of carbonyl (C=O) groups is 1. The zero-order valence-electron chi connectivity index (χ0n) is 13.1. The maximum atomic E-state index is 11.7. The minimum atomic E-state index is -0.212. The van der Waals surface area contributed by atoms with Crippen molar-refractivity contribution in [3.05, 3.63) is 29.8 Å². The van der Waals surface area contributed by atoms with Gasteiger partial charge in [-0.2, -0.15) is 0 Å². The lowest BCUT2D eigenvalue weighted by Crippen LogP contribution is -2.43. The molecular weight excluding hydrogens is 252 g/mol. The van der Waals surface area contributed by atoms with Crippen molar-refractivity contribution in [3.8, 4) is 5.75 Å². The summed E-state index contributed by atoms with van der Waals surface area (Å²) in [7, 11) is 0. The Kier molecular flexibility index (Phi) is 6.52. The summed E-state index contributed by atoms with van der Waals surface area (Å²) in [5.74, 6) is 0.895. The number of hydrogen-bond acceptors (Lipinski definition) is 3. The van der Waals surface area contributed by atoms with E-state index in [1.807, 2.05) is 58.9 Å². The fourth-order valence-electron chi connectivity index (χ4n) is 1.98. The van der Waals surface area contributed by atoms with Gasteiger partial charge in [-0.15, -0.1) is 0 Å². The minimum absolute atomic E-state index is 0.0270. The SMILES string of the molecule is CCNC(=O)C(C)NC(C)c1ccc(OC(C)C)cc1. The average Bonchev–Trinajstić information content (AvgIpc) is 2.39. The van der Waals surface area contributed by atoms with E-state index in [1.54, 1.807) is 0 Å². The van der Waals surface area contributed by atoms with E-state index >= 15 is 0 Å². The van der Waals surface area contributed by atoms with Gasteiger partial charge in [0.2, 0.25) is 5.91 Å². The molecule has 0 saturated heterocycles. The maximum absolute atomic E-state index is 11.7. The molecule has 112 valence electrons. The number of hydrogen-bond donors (Lipinski definition) is 2. The molecule has 1 aromatic rings. The third-order valence-electron chi connectivity index (χ3n) is 3.00. The third kappa shape index (κ3) is 5.21. The van der Waals surface area contributed by atoms with E-state index in [-0.39, 0.29) is 24.1 Å². The lowest BCUT2D eigenvalue weighted by molar-refractivity contribution is -0.122. The van der Waals surface area contributed by atoms with Crippen LogP contribution in [0.3, 0.4) is 0 Å². The van der Waals surface area contributed by atoms with Crippen LogP contribution in [-0.2, 0) is 4.79 Å². The topological polar surface area (TPSA) is 50.4 Å². The van der Waals surface area contributed by atoms with Crippen LogP contribution >= 0.6 is 0 Å². The molecule has 0 bridgehead atoms. The van der Waals surface area contributed by atoms with Crippen LogP contribution in [0, 0.1) is 0 Å². The number of rotatable bonds is 7. The summed E-state index contributed by atoms with van der Waals surface area (Å²) in [6.45, 7) is 10.5. The summed E-state index contributed by atoms with van der Waals surface area (Å²) >= 11 is 0. The van der Waals surface area contributed by atoms with Gasteiger partial charge in [-0.25, -0.2) is 0 Å². The lowest BCUT2D eigenvalue weighted by atomic mass is 10.1. The summed E-state index contributed by atoms with van der Waals surface area (Å²) in [6.07, 6.45) is 0.175. The van der Waals surface area contributed by atoms with Crippen molar-refractivity contribution in [2.45, 2.75) is 52.8 Å². The smallest absolute Gasteiger partial charge is 0.236 e. The normalized spacial score (nSPS) is 13.9. The highest BCUT2D eigenvalue weighted by Crippen LogP contribution is 2.18. The fourth-order valence-corrected chi connectivity index (χ4v) is 1.98. The molecule has 0 spiro atoms. The maximum Gasteiger partial charge on any atom is 0.236 e. The average molecular weight is 278 g/mol. The highest BCUT2D eigenvalue weighted by atomic mass is 16.5. The fraction of sp³-hybridized carbons (Fsp3) is 0.562. The van der Waals surface area contributed by atoms with Crippen molar-refractivity contribution in [1.82, 2.24) is 10.6 Å². The van der Waals surface area contributed by atoms with Crippen molar-refractivity contribution in [2.75, 3.05) is 6.54 Å². The Morgan fingerprint density at radius 1 is 1.15 bits per heavy atom. The van der Waals surface area contributed by atoms with Crippen LogP contribution in [0.15, 0.2) is 24.3 Å². The number of amides is 1. The molecule has 0 aliphatic rings. The van der Waals surface area contributed by atoms with E-state index in [0.29, 0.717) is 6.54 Å². The van der Waals surface area contributed by atoms with Gasteiger partial charge < -0.3 is 10.1 Å². The number of ether oxygens (including phenoxy) is 1. The van der Waals surface area contributed by atoms with E-state index in [1.165, 1.54) is 0 Å². The van der Waals surface area contributed by atoms with Crippen LogP contribution in [0.2, 0.25) is 0 Å². The first kappa shape index (κ1) is 16.5. The van der Waals surface area contributed by atoms with E-state index in [9.17, 15) is 4.79 Å². The van der Waals surface area contributed by atoms with Crippen molar-refractivity contribution in [3.63, 3.8) is 0 Å². The van der Waals surface area contributed by atoms with Gasteiger partial charge in [-0.3, -0.25) is 10.1 Å². The lowest BCUT2D eigenvalue weighted by Gasteiger charge is -2.20. The number of nitrogens with one attached hydrogen (secondary N) is 2. The Morgan fingerprint density at radius 2 is 1.75 bits per heavy atom. The van der Waals surface area contributed by atoms with Crippen LogP contribution in [0.4, 0.5) is 0 Å². The number of benzene rings is 1. The van der Waals surface area contributed by atoms with Crippen LogP contribution in [0.25, 0.3) is 0 Å². The molecular formula is C16H26N2O2. The molecule has 0 aliphatic heterocycles. The standard InChI is InChI=1S/C16H26N2O2/c1-6-17-16(19)13(5)18-12(4)14-7-9-15(10-8-14)20-11(2)3/h7-13,18H,6H2,1-5H3,(H,17,19). The molecule has 2 atom stereocenters. The molecule has 2 N–H and O–H groups in total. The number of carbonyl (C=O) groups excluding carboxylic acids is 1. The largest absolute Gasteiger partial charge is 0.491 e. The summed E-state index contributed by atoms with van der Waals surface area (Å²) in [4.78, 5) is 11.7. The Balaban J connectivity index is 2.59. The molecule has 1 aromatic carbocycles. The van der Waals surface area contributed by atoms with Gasteiger partial charge in [0.05, 0.1) is 12.1 Å². The molecule has 0 aliphatic carbocycles. The molecule has 2 unspecified atom stereocenters. The van der Waals surface area contributed by atoms with Gasteiger partial charge in [0.25, 0.3) is 0 Å². The van der Waals surface area contributed by atoms with E-state index in [4.69, 9.17) is 4.74 Å². The molecule has 4 nitrogen and oxygen atoms in total. The molecule has 0 heterocycles. The molecule has 0 fully saturated rings. The predicted molar refractivity (Wildman–Crippen MR) is 81.9 cm³/mol. The first-order valence-corrected chi connectivity index (χ1v) is 7.24. The second-order valence-corrected chi connectivity index (χ2v) is 5.24. The quantitative estimate of drug-likeness (QED) is 0.806. The molecule has 20 heavy (non-hydrogen) atoms. The molecule has 0 saturated carbocycles. The van der Waals surface area contributed by atoms with Gasteiger partial charge in [0.15, 0.2) is 0 Å². The van der Waals surface area contributed by atoms with Crippen LogP contribution in [0.5, 0.6) is 5.75 Å². The highest BCUT2D eigenvalue weighted by Gasteiger charge is 2.15. The summed E-state index contributed by atoms with van der Waals surface area (Å²) < 4.78 is 5.62. The van der Waals surface area contributed by atoms with Crippen LogP contribution in [-0.4, -0.2) is 24.6 Å². The summed E-state index contributed by atoms with van der Waals surface area (Å²) in [5, 5.41) is 6.10. The third-order valence-corrected chi connectivity index (χ3v) is 3.00. The van der Waals surface area contributed by atoms with Crippen LogP contribution in [0.1, 0.15) is 46.2 Å². The molecule has 0 aromatic heterocycles. The van der Waals surface area contributed by atoms with E-state index < -0.39 is 0 Å².